The Morgan fingerprint density at radius 1 is 1.00 bits per heavy atom. The highest BCUT2D eigenvalue weighted by atomic mass is 16.2. The lowest BCUT2D eigenvalue weighted by Crippen LogP contribution is -2.56. The van der Waals surface area contributed by atoms with E-state index in [4.69, 9.17) is 0 Å². The van der Waals surface area contributed by atoms with Gasteiger partial charge in [0.15, 0.2) is 0 Å². The van der Waals surface area contributed by atoms with E-state index in [1.54, 1.807) is 12.4 Å². The van der Waals surface area contributed by atoms with Crippen molar-refractivity contribution in [2.24, 2.45) is 0 Å². The van der Waals surface area contributed by atoms with Gasteiger partial charge in [-0.15, -0.1) is 0 Å². The summed E-state index contributed by atoms with van der Waals surface area (Å²) in [6.07, 6.45) is 9.32. The fraction of sp³-hybridized carbons (Fsp3) is 0.722. The van der Waals surface area contributed by atoms with E-state index in [-0.39, 0.29) is 0 Å². The molecule has 0 spiro atoms. The maximum Gasteiger partial charge on any atom is 0.236 e. The molecule has 2 saturated heterocycles. The van der Waals surface area contributed by atoms with E-state index >= 15 is 0 Å². The highest BCUT2D eigenvalue weighted by Gasteiger charge is 2.30. The van der Waals surface area contributed by atoms with E-state index < -0.39 is 0 Å². The predicted octanol–water partition coefficient (Wildman–Crippen LogP) is 0.295. The minimum Gasteiger partial charge on any atom is -0.353 e. The minimum atomic E-state index is 0.293. The summed E-state index contributed by atoms with van der Waals surface area (Å²) in [7, 11) is 0. The van der Waals surface area contributed by atoms with Gasteiger partial charge < -0.3 is 9.80 Å². The molecular formula is C18H28N6O. The zero-order chi connectivity index (χ0) is 17.1. The first kappa shape index (κ1) is 16.7. The van der Waals surface area contributed by atoms with Gasteiger partial charge in [0.1, 0.15) is 5.82 Å². The molecule has 1 amide bonds. The number of carbonyl (C=O) groups is 1. The molecule has 7 heteroatoms. The Hall–Kier alpha value is -1.73. The number of hydrogen-bond acceptors (Lipinski definition) is 6. The van der Waals surface area contributed by atoms with Crippen LogP contribution in [-0.2, 0) is 4.79 Å². The van der Waals surface area contributed by atoms with Crippen LogP contribution in [0.1, 0.15) is 19.3 Å². The number of hydrogen-bond donors (Lipinski definition) is 0. The van der Waals surface area contributed by atoms with E-state index in [9.17, 15) is 4.79 Å². The van der Waals surface area contributed by atoms with E-state index in [0.717, 1.165) is 64.2 Å². The lowest BCUT2D eigenvalue weighted by Gasteiger charge is -2.43. The molecule has 1 aromatic heterocycles. The predicted molar refractivity (Wildman–Crippen MR) is 96.5 cm³/mol. The Balaban J connectivity index is 1.20. The van der Waals surface area contributed by atoms with E-state index in [1.165, 1.54) is 19.3 Å². The first-order valence-corrected chi connectivity index (χ1v) is 9.55. The van der Waals surface area contributed by atoms with Gasteiger partial charge in [0.05, 0.1) is 12.7 Å². The summed E-state index contributed by atoms with van der Waals surface area (Å²) in [5.41, 5.74) is 0. The maximum atomic E-state index is 12.6. The van der Waals surface area contributed by atoms with E-state index in [0.29, 0.717) is 12.5 Å². The summed E-state index contributed by atoms with van der Waals surface area (Å²) < 4.78 is 0. The number of anilines is 1. The van der Waals surface area contributed by atoms with Gasteiger partial charge in [0.25, 0.3) is 0 Å². The topological polar surface area (TPSA) is 55.8 Å². The Bertz CT molecular complexity index is 562. The van der Waals surface area contributed by atoms with Gasteiger partial charge >= 0.3 is 0 Å². The van der Waals surface area contributed by atoms with Crippen LogP contribution in [0.4, 0.5) is 5.82 Å². The second kappa shape index (κ2) is 7.66. The van der Waals surface area contributed by atoms with Crippen molar-refractivity contribution in [2.75, 3.05) is 63.8 Å². The first-order chi connectivity index (χ1) is 12.3. The largest absolute Gasteiger partial charge is 0.353 e. The van der Waals surface area contributed by atoms with Crippen LogP contribution < -0.4 is 4.90 Å². The highest BCUT2D eigenvalue weighted by molar-refractivity contribution is 5.78. The zero-order valence-electron chi connectivity index (χ0n) is 14.9. The zero-order valence-corrected chi connectivity index (χ0v) is 14.9. The van der Waals surface area contributed by atoms with Crippen molar-refractivity contribution >= 4 is 11.7 Å². The fourth-order valence-corrected chi connectivity index (χ4v) is 3.97. The molecule has 3 aliphatic rings. The average molecular weight is 344 g/mol. The summed E-state index contributed by atoms with van der Waals surface area (Å²) in [4.78, 5) is 30.3. The first-order valence-electron chi connectivity index (χ1n) is 9.55. The molecule has 7 nitrogen and oxygen atoms in total. The molecule has 4 rings (SSSR count). The Morgan fingerprint density at radius 3 is 2.36 bits per heavy atom. The summed E-state index contributed by atoms with van der Waals surface area (Å²) in [6.45, 7) is 8.08. The molecule has 3 fully saturated rings. The normalized spacial score (nSPS) is 23.5. The van der Waals surface area contributed by atoms with Crippen LogP contribution in [0, 0.1) is 0 Å². The lowest BCUT2D eigenvalue weighted by atomic mass is 9.91. The van der Waals surface area contributed by atoms with Crippen molar-refractivity contribution in [3.63, 3.8) is 0 Å². The van der Waals surface area contributed by atoms with Crippen LogP contribution in [-0.4, -0.2) is 95.5 Å². The molecule has 136 valence electrons. The third-order valence-corrected chi connectivity index (χ3v) is 5.86. The second-order valence-corrected chi connectivity index (χ2v) is 7.33. The van der Waals surface area contributed by atoms with Crippen LogP contribution in [0.5, 0.6) is 0 Å². The molecule has 0 aromatic carbocycles. The molecule has 1 aliphatic carbocycles. The monoisotopic (exact) mass is 344 g/mol. The van der Waals surface area contributed by atoms with Gasteiger partial charge in [0, 0.05) is 70.8 Å². The summed E-state index contributed by atoms with van der Waals surface area (Å²) in [5, 5.41) is 0. The van der Waals surface area contributed by atoms with E-state index in [2.05, 4.69) is 29.6 Å². The maximum absolute atomic E-state index is 12.6. The van der Waals surface area contributed by atoms with Gasteiger partial charge in [-0.2, -0.15) is 0 Å². The molecule has 25 heavy (non-hydrogen) atoms. The summed E-state index contributed by atoms with van der Waals surface area (Å²) >= 11 is 0. The quantitative estimate of drug-likeness (QED) is 0.783. The third kappa shape index (κ3) is 3.93. The van der Waals surface area contributed by atoms with Gasteiger partial charge in [-0.05, 0) is 12.8 Å². The molecule has 2 aliphatic heterocycles. The second-order valence-electron chi connectivity index (χ2n) is 7.33. The van der Waals surface area contributed by atoms with Crippen LogP contribution >= 0.6 is 0 Å². The molecule has 0 N–H and O–H groups in total. The lowest BCUT2D eigenvalue weighted by molar-refractivity contribution is -0.134. The number of aromatic nitrogens is 2. The number of rotatable bonds is 4. The van der Waals surface area contributed by atoms with Gasteiger partial charge in [0.2, 0.25) is 5.91 Å². The summed E-state index contributed by atoms with van der Waals surface area (Å²) in [6, 6.07) is 0.798. The molecule has 3 heterocycles. The Labute approximate surface area is 149 Å². The van der Waals surface area contributed by atoms with Crippen molar-refractivity contribution in [3.05, 3.63) is 18.6 Å². The van der Waals surface area contributed by atoms with E-state index in [1.807, 2.05) is 6.20 Å². The Morgan fingerprint density at radius 2 is 1.76 bits per heavy atom. The fourth-order valence-electron chi connectivity index (χ4n) is 3.97. The minimum absolute atomic E-state index is 0.293. The highest BCUT2D eigenvalue weighted by Crippen LogP contribution is 2.25. The van der Waals surface area contributed by atoms with Gasteiger partial charge in [-0.3, -0.25) is 19.6 Å². The van der Waals surface area contributed by atoms with Crippen LogP contribution in [0.25, 0.3) is 0 Å². The molecule has 0 atom stereocenters. The van der Waals surface area contributed by atoms with Crippen molar-refractivity contribution in [1.29, 1.82) is 0 Å². The number of nitrogens with zero attached hydrogens (tertiary/aromatic N) is 6. The van der Waals surface area contributed by atoms with Crippen LogP contribution in [0.2, 0.25) is 0 Å². The van der Waals surface area contributed by atoms with Gasteiger partial charge in [-0.1, -0.05) is 6.42 Å². The van der Waals surface area contributed by atoms with Gasteiger partial charge in [-0.25, -0.2) is 4.98 Å². The van der Waals surface area contributed by atoms with Crippen molar-refractivity contribution < 1.29 is 4.79 Å². The smallest absolute Gasteiger partial charge is 0.236 e. The molecule has 0 radical (unpaired) electrons. The van der Waals surface area contributed by atoms with Crippen molar-refractivity contribution in [1.82, 2.24) is 24.7 Å². The number of piperazine rings is 2. The van der Waals surface area contributed by atoms with Crippen LogP contribution in [0.3, 0.4) is 0 Å². The average Bonchev–Trinajstić information content (AvgIpc) is 2.62. The molecular weight excluding hydrogens is 316 g/mol. The summed E-state index contributed by atoms with van der Waals surface area (Å²) in [5.74, 6) is 1.22. The molecule has 0 bridgehead atoms. The SMILES string of the molecule is O=C(CN1CCN(c2cnccn2)CC1)N1CCN(C2CCC2)CC1. The third-order valence-electron chi connectivity index (χ3n) is 5.86. The standard InChI is InChI=1S/C18H28N6O/c25-18(24-12-10-22(11-13-24)16-2-1-3-16)15-21-6-8-23(9-7-21)17-14-19-4-5-20-17/h4-5,14,16H,1-3,6-13,15H2. The number of carbonyl (C=O) groups excluding carboxylic acids is 1. The van der Waals surface area contributed by atoms with Crippen molar-refractivity contribution in [3.8, 4) is 0 Å². The molecule has 1 aromatic rings. The van der Waals surface area contributed by atoms with Crippen molar-refractivity contribution in [2.45, 2.75) is 25.3 Å². The molecule has 1 saturated carbocycles. The van der Waals surface area contributed by atoms with Crippen LogP contribution in [0.15, 0.2) is 18.6 Å². The molecule has 0 unspecified atom stereocenters. The Kier molecular flexibility index (Phi) is 5.12. The number of amides is 1.